The van der Waals surface area contributed by atoms with Crippen molar-refractivity contribution in [1.29, 1.82) is 0 Å². The van der Waals surface area contributed by atoms with Crippen molar-refractivity contribution in [2.75, 3.05) is 30.8 Å². The lowest BCUT2D eigenvalue weighted by Crippen LogP contribution is -2.56. The summed E-state index contributed by atoms with van der Waals surface area (Å²) in [4.78, 5) is 3.91. The van der Waals surface area contributed by atoms with E-state index in [1.54, 1.807) is 0 Å². The van der Waals surface area contributed by atoms with E-state index in [4.69, 9.17) is 0 Å². The molecule has 1 aromatic carbocycles. The van der Waals surface area contributed by atoms with Crippen molar-refractivity contribution in [2.24, 2.45) is 5.41 Å². The zero-order valence-electron chi connectivity index (χ0n) is 11.9. The zero-order chi connectivity index (χ0) is 13.2. The van der Waals surface area contributed by atoms with E-state index >= 15 is 0 Å². The highest BCUT2D eigenvalue weighted by Crippen LogP contribution is 2.31. The van der Waals surface area contributed by atoms with E-state index in [9.17, 15) is 0 Å². The standard InChI is InChI=1S/C15H24N2S/c1-15(2,3)14-11-17(10-9-16-14)12-7-5-6-8-13(12)18-4/h5-8,14,16H,9-11H2,1-4H3. The molecule has 18 heavy (non-hydrogen) atoms. The molecule has 1 unspecified atom stereocenters. The number of benzene rings is 1. The fourth-order valence-electron chi connectivity index (χ4n) is 2.44. The van der Waals surface area contributed by atoms with E-state index in [-0.39, 0.29) is 0 Å². The number of piperazine rings is 1. The van der Waals surface area contributed by atoms with Gasteiger partial charge in [0, 0.05) is 30.6 Å². The van der Waals surface area contributed by atoms with Crippen LogP contribution in [0.3, 0.4) is 0 Å². The van der Waals surface area contributed by atoms with Crippen LogP contribution in [0, 0.1) is 5.41 Å². The molecule has 1 N–H and O–H groups in total. The summed E-state index contributed by atoms with van der Waals surface area (Å²) in [6.45, 7) is 10.2. The van der Waals surface area contributed by atoms with Gasteiger partial charge in [0.1, 0.15) is 0 Å². The van der Waals surface area contributed by atoms with Crippen LogP contribution in [0.1, 0.15) is 20.8 Å². The van der Waals surface area contributed by atoms with Crippen LogP contribution in [0.25, 0.3) is 0 Å². The molecule has 0 saturated carbocycles. The van der Waals surface area contributed by atoms with Crippen molar-refractivity contribution in [3.8, 4) is 0 Å². The van der Waals surface area contributed by atoms with Crippen molar-refractivity contribution < 1.29 is 0 Å². The molecule has 1 heterocycles. The minimum atomic E-state index is 0.312. The second-order valence-corrected chi connectivity index (χ2v) is 6.84. The molecule has 2 rings (SSSR count). The minimum absolute atomic E-state index is 0.312. The highest BCUT2D eigenvalue weighted by atomic mass is 32.2. The van der Waals surface area contributed by atoms with Gasteiger partial charge in [0.2, 0.25) is 0 Å². The van der Waals surface area contributed by atoms with Gasteiger partial charge in [-0.05, 0) is 23.8 Å². The number of hydrogen-bond donors (Lipinski definition) is 1. The molecule has 0 bridgehead atoms. The highest BCUT2D eigenvalue weighted by molar-refractivity contribution is 7.98. The molecule has 0 spiro atoms. The van der Waals surface area contributed by atoms with Gasteiger partial charge in [-0.15, -0.1) is 11.8 Å². The van der Waals surface area contributed by atoms with Gasteiger partial charge < -0.3 is 10.2 Å². The molecule has 1 aliphatic rings. The Morgan fingerprint density at radius 3 is 2.67 bits per heavy atom. The first-order chi connectivity index (χ1) is 8.52. The average molecular weight is 264 g/mol. The van der Waals surface area contributed by atoms with Crippen LogP contribution >= 0.6 is 11.8 Å². The molecule has 1 saturated heterocycles. The highest BCUT2D eigenvalue weighted by Gasteiger charge is 2.29. The molecule has 1 fully saturated rings. The van der Waals surface area contributed by atoms with Crippen molar-refractivity contribution in [1.82, 2.24) is 5.32 Å². The van der Waals surface area contributed by atoms with Crippen LogP contribution in [-0.2, 0) is 0 Å². The molecule has 3 heteroatoms. The van der Waals surface area contributed by atoms with Gasteiger partial charge in [-0.25, -0.2) is 0 Å². The smallest absolute Gasteiger partial charge is 0.0505 e. The summed E-state index contributed by atoms with van der Waals surface area (Å²) in [5, 5.41) is 3.65. The summed E-state index contributed by atoms with van der Waals surface area (Å²) in [5.41, 5.74) is 1.70. The summed E-state index contributed by atoms with van der Waals surface area (Å²) in [6, 6.07) is 9.29. The van der Waals surface area contributed by atoms with Gasteiger partial charge >= 0.3 is 0 Å². The maximum absolute atomic E-state index is 3.65. The van der Waals surface area contributed by atoms with Crippen LogP contribution in [0.2, 0.25) is 0 Å². The first kappa shape index (κ1) is 13.8. The first-order valence-electron chi connectivity index (χ1n) is 6.63. The van der Waals surface area contributed by atoms with E-state index < -0.39 is 0 Å². The van der Waals surface area contributed by atoms with Gasteiger partial charge in [0.15, 0.2) is 0 Å². The summed E-state index contributed by atoms with van der Waals surface area (Å²) >= 11 is 1.84. The van der Waals surface area contributed by atoms with Crippen molar-refractivity contribution in [3.05, 3.63) is 24.3 Å². The Bertz CT molecular complexity index is 398. The maximum atomic E-state index is 3.65. The Morgan fingerprint density at radius 2 is 2.00 bits per heavy atom. The lowest BCUT2D eigenvalue weighted by molar-refractivity contribution is 0.253. The van der Waals surface area contributed by atoms with Crippen LogP contribution in [0.5, 0.6) is 0 Å². The monoisotopic (exact) mass is 264 g/mol. The quantitative estimate of drug-likeness (QED) is 0.826. The third kappa shape index (κ3) is 3.01. The molecule has 0 aromatic heterocycles. The number of para-hydroxylation sites is 1. The third-order valence-corrected chi connectivity index (χ3v) is 4.43. The third-order valence-electron chi connectivity index (χ3n) is 3.65. The first-order valence-corrected chi connectivity index (χ1v) is 7.86. The van der Waals surface area contributed by atoms with E-state index in [0.717, 1.165) is 19.6 Å². The Morgan fingerprint density at radius 1 is 1.28 bits per heavy atom. The molecular formula is C15H24N2S. The normalized spacial score (nSPS) is 21.1. The molecule has 0 amide bonds. The van der Waals surface area contributed by atoms with E-state index in [0.29, 0.717) is 11.5 Å². The summed E-state index contributed by atoms with van der Waals surface area (Å²) in [6.07, 6.45) is 2.16. The van der Waals surface area contributed by atoms with Gasteiger partial charge in [0.05, 0.1) is 5.69 Å². The molecule has 0 aliphatic carbocycles. The molecular weight excluding hydrogens is 240 g/mol. The second-order valence-electron chi connectivity index (χ2n) is 5.99. The predicted molar refractivity (Wildman–Crippen MR) is 81.7 cm³/mol. The van der Waals surface area contributed by atoms with Gasteiger partial charge in [-0.3, -0.25) is 0 Å². The zero-order valence-corrected chi connectivity index (χ0v) is 12.7. The Hall–Kier alpha value is -0.670. The minimum Gasteiger partial charge on any atom is -0.368 e. The number of hydrogen-bond acceptors (Lipinski definition) is 3. The molecule has 0 radical (unpaired) electrons. The molecule has 2 nitrogen and oxygen atoms in total. The Kier molecular flexibility index (Phi) is 4.23. The van der Waals surface area contributed by atoms with Crippen LogP contribution in [0.4, 0.5) is 5.69 Å². The van der Waals surface area contributed by atoms with Crippen LogP contribution in [-0.4, -0.2) is 31.9 Å². The fourth-order valence-corrected chi connectivity index (χ4v) is 3.06. The summed E-state index contributed by atoms with van der Waals surface area (Å²) < 4.78 is 0. The van der Waals surface area contributed by atoms with Crippen LogP contribution < -0.4 is 10.2 Å². The molecule has 1 aliphatic heterocycles. The Labute approximate surface area is 115 Å². The largest absolute Gasteiger partial charge is 0.368 e. The number of rotatable bonds is 2. The number of nitrogens with zero attached hydrogens (tertiary/aromatic N) is 1. The summed E-state index contributed by atoms with van der Waals surface area (Å²) in [5.74, 6) is 0. The Balaban J connectivity index is 2.18. The number of anilines is 1. The SMILES string of the molecule is CSc1ccccc1N1CCNC(C(C)(C)C)C1. The topological polar surface area (TPSA) is 15.3 Å². The maximum Gasteiger partial charge on any atom is 0.0505 e. The van der Waals surface area contributed by atoms with Crippen molar-refractivity contribution >= 4 is 17.4 Å². The number of nitrogens with one attached hydrogen (secondary N) is 1. The fraction of sp³-hybridized carbons (Fsp3) is 0.600. The van der Waals surface area contributed by atoms with Gasteiger partial charge in [-0.2, -0.15) is 0 Å². The summed E-state index contributed by atoms with van der Waals surface area (Å²) in [7, 11) is 0. The second kappa shape index (κ2) is 5.54. The molecule has 100 valence electrons. The van der Waals surface area contributed by atoms with Crippen molar-refractivity contribution in [2.45, 2.75) is 31.7 Å². The number of thioether (sulfide) groups is 1. The van der Waals surface area contributed by atoms with Crippen molar-refractivity contribution in [3.63, 3.8) is 0 Å². The van der Waals surface area contributed by atoms with E-state index in [1.807, 2.05) is 11.8 Å². The lowest BCUT2D eigenvalue weighted by Gasteiger charge is -2.42. The van der Waals surface area contributed by atoms with Gasteiger partial charge in [0.25, 0.3) is 0 Å². The average Bonchev–Trinajstić information content (AvgIpc) is 2.38. The lowest BCUT2D eigenvalue weighted by atomic mass is 9.85. The molecule has 1 atom stereocenters. The van der Waals surface area contributed by atoms with E-state index in [2.05, 4.69) is 61.5 Å². The van der Waals surface area contributed by atoms with E-state index in [1.165, 1.54) is 10.6 Å². The predicted octanol–water partition coefficient (Wildman–Crippen LogP) is 3.23. The van der Waals surface area contributed by atoms with Crippen LogP contribution in [0.15, 0.2) is 29.2 Å². The van der Waals surface area contributed by atoms with Gasteiger partial charge in [-0.1, -0.05) is 32.9 Å². The molecule has 1 aromatic rings.